The van der Waals surface area contributed by atoms with Crippen LogP contribution in [0.3, 0.4) is 0 Å². The van der Waals surface area contributed by atoms with Gasteiger partial charge in [-0.3, -0.25) is 0 Å². The molecule has 0 saturated heterocycles. The van der Waals surface area contributed by atoms with Gasteiger partial charge in [0.15, 0.2) is 0 Å². The molecule has 0 aliphatic heterocycles. The Hall–Kier alpha value is -1.16. The van der Waals surface area contributed by atoms with E-state index in [1.54, 1.807) is 21.3 Å². The highest BCUT2D eigenvalue weighted by Crippen LogP contribution is 2.32. The number of hydrogen-bond acceptors (Lipinski definition) is 3. The summed E-state index contributed by atoms with van der Waals surface area (Å²) in [6, 6.07) is 12.0. The second-order valence-electron chi connectivity index (χ2n) is 6.49. The molecule has 3 heteroatoms. The molecule has 0 amide bonds. The summed E-state index contributed by atoms with van der Waals surface area (Å²) in [5.74, 6) is -0.668. The molecule has 1 unspecified atom stereocenters. The van der Waals surface area contributed by atoms with Gasteiger partial charge in [0.25, 0.3) is 5.97 Å². The molecule has 1 rings (SSSR count). The molecule has 0 N–H and O–H groups in total. The fourth-order valence-electron chi connectivity index (χ4n) is 3.12. The van der Waals surface area contributed by atoms with Gasteiger partial charge in [-0.05, 0) is 19.3 Å². The Morgan fingerprint density at radius 3 is 1.65 bits per heavy atom. The van der Waals surface area contributed by atoms with Crippen LogP contribution in [0.15, 0.2) is 49.1 Å². The second kappa shape index (κ2) is 17.3. The molecule has 1 atom stereocenters. The van der Waals surface area contributed by atoms with Crippen molar-refractivity contribution in [1.29, 1.82) is 0 Å². The van der Waals surface area contributed by atoms with E-state index >= 15 is 0 Å². The average molecular weight is 365 g/mol. The third-order valence-corrected chi connectivity index (χ3v) is 4.65. The Morgan fingerprint density at radius 2 is 1.23 bits per heavy atom. The maximum atomic E-state index is 5.51. The maximum Gasteiger partial charge on any atom is 0.285 e. The molecule has 0 radical (unpaired) electrons. The zero-order valence-corrected chi connectivity index (χ0v) is 17.4. The Labute approximate surface area is 161 Å². The third-order valence-electron chi connectivity index (χ3n) is 4.65. The normalized spacial score (nSPS) is 12.2. The highest BCUT2D eigenvalue weighted by Gasteiger charge is 2.38. The summed E-state index contributed by atoms with van der Waals surface area (Å²) in [4.78, 5) is 0. The molecule has 26 heavy (non-hydrogen) atoms. The zero-order chi connectivity index (χ0) is 19.5. The predicted octanol–water partition coefficient (Wildman–Crippen LogP) is 6.60. The van der Waals surface area contributed by atoms with Crippen LogP contribution >= 0.6 is 0 Å². The first-order valence-corrected chi connectivity index (χ1v) is 9.97. The Bertz CT molecular complexity index is 366. The van der Waals surface area contributed by atoms with Gasteiger partial charge in [0.05, 0.1) is 0 Å². The van der Waals surface area contributed by atoms with E-state index in [0.717, 1.165) is 19.3 Å². The van der Waals surface area contributed by atoms with Crippen LogP contribution in [0, 0.1) is 5.92 Å². The number of unbranched alkanes of at least 4 members (excludes halogenated alkanes) is 5. The summed E-state index contributed by atoms with van der Waals surface area (Å²) in [6.45, 7) is 6.05. The van der Waals surface area contributed by atoms with Crippen molar-refractivity contribution in [1.82, 2.24) is 0 Å². The monoisotopic (exact) mass is 364 g/mol. The quantitative estimate of drug-likeness (QED) is 0.211. The molecule has 0 aliphatic carbocycles. The summed E-state index contributed by atoms with van der Waals surface area (Å²) in [5, 5.41) is 0. The van der Waals surface area contributed by atoms with Crippen molar-refractivity contribution >= 4 is 0 Å². The van der Waals surface area contributed by atoms with E-state index in [-0.39, 0.29) is 5.92 Å². The molecule has 0 heterocycles. The van der Waals surface area contributed by atoms with Crippen LogP contribution in [0.2, 0.25) is 0 Å². The summed E-state index contributed by atoms with van der Waals surface area (Å²) in [7, 11) is 4.94. The van der Waals surface area contributed by atoms with E-state index in [9.17, 15) is 0 Å². The fourth-order valence-corrected chi connectivity index (χ4v) is 3.12. The largest absolute Gasteiger partial charge is 0.331 e. The minimum Gasteiger partial charge on any atom is -0.331 e. The van der Waals surface area contributed by atoms with Gasteiger partial charge in [-0.25, -0.2) is 0 Å². The number of rotatable bonds is 14. The summed E-state index contributed by atoms with van der Waals surface area (Å²) in [6.07, 6.45) is 12.7. The van der Waals surface area contributed by atoms with Crippen molar-refractivity contribution in [2.75, 3.05) is 21.3 Å². The first-order valence-electron chi connectivity index (χ1n) is 9.97. The Balaban J connectivity index is 0.000000867. The molecule has 1 aromatic rings. The van der Waals surface area contributed by atoms with Gasteiger partial charge in [-0.1, -0.05) is 87.9 Å². The minimum atomic E-state index is -0.910. The standard InChI is InChI=1S/C17H34O3.C6H6/c1-6-8-10-11-12-13-15-16(14-9-7-2)17(18-3,19-4)20-5;1-2-4-6-5-3-1/h7,16H,2,6,8-15H2,1,3-5H3;1-6H. The average Bonchev–Trinajstić information content (AvgIpc) is 2.71. The molecule has 0 bridgehead atoms. The van der Waals surface area contributed by atoms with Gasteiger partial charge in [0, 0.05) is 27.2 Å². The van der Waals surface area contributed by atoms with Gasteiger partial charge in [0.2, 0.25) is 0 Å². The molecular weight excluding hydrogens is 324 g/mol. The smallest absolute Gasteiger partial charge is 0.285 e. The molecule has 0 fully saturated rings. The number of hydrogen-bond donors (Lipinski definition) is 0. The van der Waals surface area contributed by atoms with Crippen LogP contribution in [0.5, 0.6) is 0 Å². The van der Waals surface area contributed by atoms with Crippen molar-refractivity contribution in [2.45, 2.75) is 70.7 Å². The van der Waals surface area contributed by atoms with Crippen molar-refractivity contribution < 1.29 is 14.2 Å². The van der Waals surface area contributed by atoms with Crippen LogP contribution < -0.4 is 0 Å². The third kappa shape index (κ3) is 10.7. The van der Waals surface area contributed by atoms with Crippen molar-refractivity contribution in [3.63, 3.8) is 0 Å². The van der Waals surface area contributed by atoms with E-state index < -0.39 is 5.97 Å². The number of ether oxygens (including phenoxy) is 3. The fraction of sp³-hybridized carbons (Fsp3) is 0.652. The van der Waals surface area contributed by atoms with E-state index in [1.807, 2.05) is 42.5 Å². The summed E-state index contributed by atoms with van der Waals surface area (Å²) < 4.78 is 16.5. The van der Waals surface area contributed by atoms with Crippen LogP contribution in [0.4, 0.5) is 0 Å². The molecule has 0 spiro atoms. The zero-order valence-electron chi connectivity index (χ0n) is 17.4. The van der Waals surface area contributed by atoms with Crippen LogP contribution in [0.25, 0.3) is 0 Å². The van der Waals surface area contributed by atoms with E-state index in [2.05, 4.69) is 13.5 Å². The minimum absolute atomic E-state index is 0.242. The summed E-state index contributed by atoms with van der Waals surface area (Å²) >= 11 is 0. The lowest BCUT2D eigenvalue weighted by molar-refractivity contribution is -0.380. The summed E-state index contributed by atoms with van der Waals surface area (Å²) in [5.41, 5.74) is 0. The van der Waals surface area contributed by atoms with Crippen LogP contribution in [0.1, 0.15) is 64.7 Å². The molecule has 0 saturated carbocycles. The molecular formula is C23H40O3. The lowest BCUT2D eigenvalue weighted by Crippen LogP contribution is -2.44. The molecule has 0 aromatic heterocycles. The van der Waals surface area contributed by atoms with Gasteiger partial charge in [0.1, 0.15) is 0 Å². The number of methoxy groups -OCH3 is 3. The first kappa shape index (κ1) is 24.8. The second-order valence-corrected chi connectivity index (χ2v) is 6.49. The molecule has 3 nitrogen and oxygen atoms in total. The Kier molecular flexibility index (Phi) is 16.5. The van der Waals surface area contributed by atoms with Crippen molar-refractivity contribution in [2.24, 2.45) is 5.92 Å². The van der Waals surface area contributed by atoms with Crippen LogP contribution in [-0.4, -0.2) is 27.3 Å². The molecule has 1 aromatic carbocycles. The maximum absolute atomic E-state index is 5.51. The lowest BCUT2D eigenvalue weighted by atomic mass is 9.93. The highest BCUT2D eigenvalue weighted by molar-refractivity contribution is 4.99. The first-order chi connectivity index (χ1) is 12.7. The molecule has 150 valence electrons. The van der Waals surface area contributed by atoms with Gasteiger partial charge < -0.3 is 14.2 Å². The van der Waals surface area contributed by atoms with E-state index in [4.69, 9.17) is 14.2 Å². The van der Waals surface area contributed by atoms with Gasteiger partial charge in [-0.2, -0.15) is 0 Å². The van der Waals surface area contributed by atoms with E-state index in [1.165, 1.54) is 38.5 Å². The number of allylic oxidation sites excluding steroid dienone is 1. The number of benzene rings is 1. The Morgan fingerprint density at radius 1 is 0.769 bits per heavy atom. The molecule has 0 aliphatic rings. The van der Waals surface area contributed by atoms with Crippen molar-refractivity contribution in [3.8, 4) is 0 Å². The lowest BCUT2D eigenvalue weighted by Gasteiger charge is -2.36. The SMILES string of the molecule is C=CCCC(CCCCCCCC)C(OC)(OC)OC.c1ccccc1. The topological polar surface area (TPSA) is 27.7 Å². The van der Waals surface area contributed by atoms with Gasteiger partial charge in [-0.15, -0.1) is 6.58 Å². The van der Waals surface area contributed by atoms with Crippen molar-refractivity contribution in [3.05, 3.63) is 49.1 Å². The predicted molar refractivity (Wildman–Crippen MR) is 111 cm³/mol. The van der Waals surface area contributed by atoms with Crippen LogP contribution in [-0.2, 0) is 14.2 Å². The van der Waals surface area contributed by atoms with Gasteiger partial charge >= 0.3 is 0 Å². The van der Waals surface area contributed by atoms with E-state index in [0.29, 0.717) is 0 Å². The highest BCUT2D eigenvalue weighted by atomic mass is 16.9.